The highest BCUT2D eigenvalue weighted by Crippen LogP contribution is 2.33. The van der Waals surface area contributed by atoms with E-state index in [0.717, 1.165) is 11.1 Å². The van der Waals surface area contributed by atoms with Crippen molar-refractivity contribution in [2.45, 2.75) is 47.2 Å². The first-order valence-corrected chi connectivity index (χ1v) is 11.9. The Labute approximate surface area is 205 Å². The largest absolute Gasteiger partial charge is 0.493 e. The number of anilines is 2. The summed E-state index contributed by atoms with van der Waals surface area (Å²) in [7, 11) is 3.18. The smallest absolute Gasteiger partial charge is 0.330 e. The molecule has 0 radical (unpaired) electrons. The first-order valence-electron chi connectivity index (χ1n) is 11.9. The number of H-pyrrole nitrogens is 1. The maximum Gasteiger partial charge on any atom is 0.330 e. The molecule has 3 rings (SSSR count). The van der Waals surface area contributed by atoms with Crippen molar-refractivity contribution in [2.24, 2.45) is 11.8 Å². The van der Waals surface area contributed by atoms with E-state index >= 15 is 0 Å². The molecule has 1 aliphatic heterocycles. The molecule has 0 spiro atoms. The lowest BCUT2D eigenvalue weighted by Crippen LogP contribution is -2.46. The quantitative estimate of drug-likeness (QED) is 0.553. The average molecular weight is 488 g/mol. The van der Waals surface area contributed by atoms with Gasteiger partial charge in [0.25, 0.3) is 5.56 Å². The van der Waals surface area contributed by atoms with E-state index in [4.69, 9.17) is 15.2 Å². The number of benzene rings is 1. The number of nitrogens with two attached hydrogens (primary N) is 1. The Morgan fingerprint density at radius 1 is 1.09 bits per heavy atom. The lowest BCUT2D eigenvalue weighted by molar-refractivity contribution is -0.130. The van der Waals surface area contributed by atoms with Crippen molar-refractivity contribution in [3.8, 4) is 11.5 Å². The van der Waals surface area contributed by atoms with E-state index < -0.39 is 11.2 Å². The fourth-order valence-electron chi connectivity index (χ4n) is 4.46. The lowest BCUT2D eigenvalue weighted by Gasteiger charge is -2.33. The molecule has 1 aromatic heterocycles. The standard InChI is InChI=1S/C25H37N5O5/c1-15(2)11-29(22-23(26)30(12-16(3)4)25(33)27-24(22)32)14-21(31)28-8-7-17-9-19(34-5)20(35-6)10-18(17)13-28/h9-10,15-16H,7-8,11-14,26H2,1-6H3,(H,27,32,33). The number of nitrogen functional groups attached to an aromatic ring is 1. The van der Waals surface area contributed by atoms with Gasteiger partial charge in [0.1, 0.15) is 11.5 Å². The molecule has 10 heteroatoms. The Morgan fingerprint density at radius 3 is 2.29 bits per heavy atom. The van der Waals surface area contributed by atoms with Crippen LogP contribution in [0.25, 0.3) is 0 Å². The number of nitrogens with one attached hydrogen (secondary N) is 1. The van der Waals surface area contributed by atoms with Crippen LogP contribution in [0.3, 0.4) is 0 Å². The van der Waals surface area contributed by atoms with Crippen LogP contribution in [-0.4, -0.2) is 54.2 Å². The highest BCUT2D eigenvalue weighted by Gasteiger charge is 2.27. The van der Waals surface area contributed by atoms with Crippen molar-refractivity contribution in [1.29, 1.82) is 0 Å². The number of methoxy groups -OCH3 is 2. The summed E-state index contributed by atoms with van der Waals surface area (Å²) in [4.78, 5) is 44.5. The molecule has 0 bridgehead atoms. The van der Waals surface area contributed by atoms with Crippen LogP contribution in [0.5, 0.6) is 11.5 Å². The number of nitrogens with zero attached hydrogens (tertiary/aromatic N) is 3. The normalized spacial score (nSPS) is 13.2. The van der Waals surface area contributed by atoms with Crippen molar-refractivity contribution in [3.63, 3.8) is 0 Å². The van der Waals surface area contributed by atoms with Crippen LogP contribution < -0.4 is 31.4 Å². The third-order valence-corrected chi connectivity index (χ3v) is 6.06. The molecular formula is C25H37N5O5. The molecule has 192 valence electrons. The Kier molecular flexibility index (Phi) is 8.14. The fraction of sp³-hybridized carbons (Fsp3) is 0.560. The van der Waals surface area contributed by atoms with Crippen LogP contribution in [0.15, 0.2) is 21.7 Å². The predicted octanol–water partition coefficient (Wildman–Crippen LogP) is 1.84. The van der Waals surface area contributed by atoms with Gasteiger partial charge >= 0.3 is 5.69 Å². The van der Waals surface area contributed by atoms with Crippen molar-refractivity contribution in [1.82, 2.24) is 14.5 Å². The van der Waals surface area contributed by atoms with Crippen molar-refractivity contribution < 1.29 is 14.3 Å². The zero-order chi connectivity index (χ0) is 25.9. The minimum atomic E-state index is -0.582. The zero-order valence-corrected chi connectivity index (χ0v) is 21.5. The second-order valence-electron chi connectivity index (χ2n) is 9.81. The SMILES string of the molecule is COc1cc2c(cc1OC)CN(C(=O)CN(CC(C)C)c1c(N)n(CC(C)C)c(=O)[nH]c1=O)CC2. The maximum atomic E-state index is 13.4. The minimum Gasteiger partial charge on any atom is -0.493 e. The molecule has 2 aromatic rings. The van der Waals surface area contributed by atoms with Crippen LogP contribution in [0, 0.1) is 11.8 Å². The molecule has 35 heavy (non-hydrogen) atoms. The molecule has 1 amide bonds. The monoisotopic (exact) mass is 487 g/mol. The van der Waals surface area contributed by atoms with E-state index in [1.165, 1.54) is 4.57 Å². The molecule has 0 saturated heterocycles. The van der Waals surface area contributed by atoms with Crippen LogP contribution in [0.4, 0.5) is 11.5 Å². The van der Waals surface area contributed by atoms with Gasteiger partial charge in [0.05, 0.1) is 20.8 Å². The molecular weight excluding hydrogens is 450 g/mol. The molecule has 0 fully saturated rings. The molecule has 1 aliphatic rings. The number of carbonyl (C=O) groups is 1. The summed E-state index contributed by atoms with van der Waals surface area (Å²) in [5.74, 6) is 1.56. The van der Waals surface area contributed by atoms with Crippen LogP contribution in [0.2, 0.25) is 0 Å². The number of aromatic nitrogens is 2. The average Bonchev–Trinajstić information content (AvgIpc) is 2.79. The molecule has 2 heterocycles. The number of fused-ring (bicyclic) bond motifs is 1. The summed E-state index contributed by atoms with van der Waals surface area (Å²) in [6, 6.07) is 3.86. The van der Waals surface area contributed by atoms with Crippen molar-refractivity contribution in [3.05, 3.63) is 44.1 Å². The van der Waals surface area contributed by atoms with Gasteiger partial charge in [-0.05, 0) is 41.5 Å². The highest BCUT2D eigenvalue weighted by atomic mass is 16.5. The molecule has 0 atom stereocenters. The number of hydrogen-bond acceptors (Lipinski definition) is 7. The lowest BCUT2D eigenvalue weighted by atomic mass is 9.98. The summed E-state index contributed by atoms with van der Waals surface area (Å²) in [5.41, 5.74) is 7.49. The first-order chi connectivity index (χ1) is 16.5. The number of aromatic amines is 1. The number of ether oxygens (including phenoxy) is 2. The third-order valence-electron chi connectivity index (χ3n) is 6.06. The molecule has 3 N–H and O–H groups in total. The van der Waals surface area contributed by atoms with E-state index in [-0.39, 0.29) is 35.8 Å². The van der Waals surface area contributed by atoms with Gasteiger partial charge < -0.3 is 25.0 Å². The molecule has 0 unspecified atom stereocenters. The van der Waals surface area contributed by atoms with E-state index in [9.17, 15) is 14.4 Å². The van der Waals surface area contributed by atoms with Gasteiger partial charge in [0, 0.05) is 26.2 Å². The number of carbonyl (C=O) groups excluding carboxylic acids is 1. The van der Waals surface area contributed by atoms with Crippen LogP contribution in [0.1, 0.15) is 38.8 Å². The predicted molar refractivity (Wildman–Crippen MR) is 136 cm³/mol. The van der Waals surface area contributed by atoms with Gasteiger partial charge in [0.2, 0.25) is 5.91 Å². The van der Waals surface area contributed by atoms with Crippen molar-refractivity contribution >= 4 is 17.4 Å². The topological polar surface area (TPSA) is 123 Å². The summed E-state index contributed by atoms with van der Waals surface area (Å²) in [5, 5.41) is 0. The molecule has 10 nitrogen and oxygen atoms in total. The van der Waals surface area contributed by atoms with Crippen molar-refractivity contribution in [2.75, 3.05) is 44.5 Å². The summed E-state index contributed by atoms with van der Waals surface area (Å²) in [6.07, 6.45) is 0.688. The Bertz CT molecular complexity index is 1180. The maximum absolute atomic E-state index is 13.4. The minimum absolute atomic E-state index is 0.0199. The molecule has 1 aromatic carbocycles. The molecule has 0 saturated carbocycles. The number of amides is 1. The van der Waals surface area contributed by atoms with Gasteiger partial charge in [-0.3, -0.25) is 19.1 Å². The fourth-order valence-corrected chi connectivity index (χ4v) is 4.46. The Hall–Kier alpha value is -3.43. The summed E-state index contributed by atoms with van der Waals surface area (Å²) >= 11 is 0. The second kappa shape index (κ2) is 10.9. The van der Waals surface area contributed by atoms with Gasteiger partial charge in [-0.15, -0.1) is 0 Å². The Morgan fingerprint density at radius 2 is 1.71 bits per heavy atom. The van der Waals surface area contributed by atoms with E-state index in [1.807, 2.05) is 39.8 Å². The van der Waals surface area contributed by atoms with Gasteiger partial charge in [-0.25, -0.2) is 4.79 Å². The Balaban J connectivity index is 1.90. The first kappa shape index (κ1) is 26.2. The summed E-state index contributed by atoms with van der Waals surface area (Å²) in [6.45, 7) is 9.70. The van der Waals surface area contributed by atoms with Gasteiger partial charge in [-0.2, -0.15) is 0 Å². The summed E-state index contributed by atoms with van der Waals surface area (Å²) < 4.78 is 12.2. The van der Waals surface area contributed by atoms with Crippen LogP contribution in [-0.2, 0) is 24.3 Å². The van der Waals surface area contributed by atoms with E-state index in [1.54, 1.807) is 24.0 Å². The number of hydrogen-bond donors (Lipinski definition) is 2. The second-order valence-corrected chi connectivity index (χ2v) is 9.81. The van der Waals surface area contributed by atoms with Gasteiger partial charge in [0.15, 0.2) is 11.5 Å². The van der Waals surface area contributed by atoms with E-state index in [0.29, 0.717) is 44.1 Å². The van der Waals surface area contributed by atoms with E-state index in [2.05, 4.69) is 4.98 Å². The third kappa shape index (κ3) is 5.80. The number of rotatable bonds is 9. The zero-order valence-electron chi connectivity index (χ0n) is 21.5. The molecule has 0 aliphatic carbocycles. The highest BCUT2D eigenvalue weighted by molar-refractivity contribution is 5.83. The van der Waals surface area contributed by atoms with Gasteiger partial charge in [-0.1, -0.05) is 27.7 Å². The van der Waals surface area contributed by atoms with Crippen LogP contribution >= 0.6 is 0 Å².